The van der Waals surface area contributed by atoms with Crippen molar-refractivity contribution in [2.24, 2.45) is 0 Å². The second-order valence-corrected chi connectivity index (χ2v) is 2.43. The van der Waals surface area contributed by atoms with Crippen LogP contribution in [0.25, 0.3) is 0 Å². The van der Waals surface area contributed by atoms with Gasteiger partial charge in [0, 0.05) is 0 Å². The molecule has 0 radical (unpaired) electrons. The number of phosphoric acid groups is 1. The van der Waals surface area contributed by atoms with Gasteiger partial charge in [0.2, 0.25) is 0 Å². The second-order valence-electron chi connectivity index (χ2n) is 1.28. The molecule has 0 aromatic heterocycles. The van der Waals surface area contributed by atoms with Crippen LogP contribution < -0.4 is 113 Å². The van der Waals surface area contributed by atoms with E-state index in [9.17, 15) is 14.4 Å². The van der Waals surface area contributed by atoms with Gasteiger partial charge in [0.25, 0.3) is 0 Å². The van der Waals surface area contributed by atoms with Gasteiger partial charge in [0.05, 0.1) is 14.4 Å². The van der Waals surface area contributed by atoms with Crippen molar-refractivity contribution < 1.29 is 122 Å². The first-order chi connectivity index (χ1) is 3.56. The smallest absolute Gasteiger partial charge is 0.790 e. The van der Waals surface area contributed by atoms with Crippen LogP contribution in [0.15, 0.2) is 0 Å². The van der Waals surface area contributed by atoms with Crippen LogP contribution in [-0.2, 0) is 9.09 Å². The van der Waals surface area contributed by atoms with Crippen LogP contribution in [0.2, 0.25) is 0 Å². The molecule has 0 saturated heterocycles. The van der Waals surface area contributed by atoms with Crippen LogP contribution in [0, 0.1) is 0 Å². The third-order valence-corrected chi connectivity index (χ3v) is 0.952. The summed E-state index contributed by atoms with van der Waals surface area (Å²) in [6, 6.07) is 0. The number of hydrogen-bond acceptors (Lipinski definition) is 4. The van der Waals surface area contributed by atoms with Gasteiger partial charge >= 0.3 is 103 Å². The van der Waals surface area contributed by atoms with Crippen molar-refractivity contribution in [1.82, 2.24) is 0 Å². The van der Waals surface area contributed by atoms with Crippen molar-refractivity contribution >= 4 is 7.82 Å². The third kappa shape index (κ3) is 17.5. The summed E-state index contributed by atoms with van der Waals surface area (Å²) in [5, 5.41) is 0. The zero-order valence-corrected chi connectivity index (χ0v) is 13.6. The predicted molar refractivity (Wildman–Crippen MR) is 23.8 cm³/mol. The standard InChI is InChI=1S/C3H9O4P.2K/c1-2-3-7-8(4,5)6;;/h2-3H2,1H3,(H2,4,5,6);;/q;2*+1/p-2. The van der Waals surface area contributed by atoms with Crippen molar-refractivity contribution in [3.8, 4) is 0 Å². The molecule has 0 aromatic carbocycles. The Balaban J connectivity index is -0.000000245. The molecule has 0 N–H and O–H groups in total. The topological polar surface area (TPSA) is 72.4 Å². The van der Waals surface area contributed by atoms with Crippen molar-refractivity contribution in [1.29, 1.82) is 0 Å². The third-order valence-electron chi connectivity index (χ3n) is 0.454. The molecule has 4 nitrogen and oxygen atoms in total. The summed E-state index contributed by atoms with van der Waals surface area (Å²) in [5.74, 6) is 0. The SMILES string of the molecule is CCCOP(=O)([O-])[O-].[K+].[K+]. The minimum absolute atomic E-state index is 0. The van der Waals surface area contributed by atoms with E-state index in [0.29, 0.717) is 6.42 Å². The first-order valence-corrected chi connectivity index (χ1v) is 3.69. The molecule has 0 heterocycles. The molecule has 0 rings (SSSR count). The number of rotatable bonds is 3. The van der Waals surface area contributed by atoms with Crippen LogP contribution in [-0.4, -0.2) is 6.61 Å². The second kappa shape index (κ2) is 10.5. The Morgan fingerprint density at radius 1 is 1.40 bits per heavy atom. The summed E-state index contributed by atoms with van der Waals surface area (Å²) in [4.78, 5) is 19.3. The van der Waals surface area contributed by atoms with E-state index in [0.717, 1.165) is 0 Å². The van der Waals surface area contributed by atoms with Crippen LogP contribution in [0.1, 0.15) is 13.3 Å². The van der Waals surface area contributed by atoms with E-state index in [1.165, 1.54) is 0 Å². The monoisotopic (exact) mass is 216 g/mol. The Labute approximate surface area is 146 Å². The molecule has 0 aromatic rings. The first-order valence-electron chi connectivity index (χ1n) is 2.23. The van der Waals surface area contributed by atoms with Gasteiger partial charge in [-0.25, -0.2) is 0 Å². The van der Waals surface area contributed by atoms with Crippen LogP contribution in [0.5, 0.6) is 0 Å². The predicted octanol–water partition coefficient (Wildman–Crippen LogP) is -6.75. The van der Waals surface area contributed by atoms with Crippen molar-refractivity contribution in [3.05, 3.63) is 0 Å². The van der Waals surface area contributed by atoms with E-state index >= 15 is 0 Å². The van der Waals surface area contributed by atoms with Gasteiger partial charge in [-0.2, -0.15) is 0 Å². The molecule has 50 valence electrons. The fraction of sp³-hybridized carbons (Fsp3) is 1.00. The maximum atomic E-state index is 9.64. The zero-order chi connectivity index (χ0) is 6.62. The van der Waals surface area contributed by atoms with E-state index in [-0.39, 0.29) is 109 Å². The molecule has 0 aliphatic carbocycles. The maximum Gasteiger partial charge on any atom is 1.00 e. The zero-order valence-electron chi connectivity index (χ0n) is 6.49. The van der Waals surface area contributed by atoms with Gasteiger partial charge in [0.15, 0.2) is 0 Å². The molecule has 0 spiro atoms. The van der Waals surface area contributed by atoms with Crippen molar-refractivity contribution in [3.63, 3.8) is 0 Å². The molecule has 0 unspecified atom stereocenters. The molecule has 0 atom stereocenters. The van der Waals surface area contributed by atoms with E-state index in [1.807, 2.05) is 0 Å². The Morgan fingerprint density at radius 2 is 1.80 bits per heavy atom. The molecular weight excluding hydrogens is 209 g/mol. The van der Waals surface area contributed by atoms with E-state index < -0.39 is 7.82 Å². The van der Waals surface area contributed by atoms with Crippen molar-refractivity contribution in [2.75, 3.05) is 6.61 Å². The quantitative estimate of drug-likeness (QED) is 0.347. The average molecular weight is 216 g/mol. The van der Waals surface area contributed by atoms with Gasteiger partial charge in [-0.15, -0.1) is 0 Å². The first kappa shape index (κ1) is 19.0. The Kier molecular flexibility index (Phi) is 19.9. The molecule has 0 aliphatic heterocycles. The summed E-state index contributed by atoms with van der Waals surface area (Å²) < 4.78 is 13.5. The largest absolute Gasteiger partial charge is 1.00 e. The summed E-state index contributed by atoms with van der Waals surface area (Å²) in [5.41, 5.74) is 0. The number of hydrogen-bond donors (Lipinski definition) is 0. The van der Waals surface area contributed by atoms with Crippen molar-refractivity contribution in [2.45, 2.75) is 13.3 Å². The number of phosphoric ester groups is 1. The summed E-state index contributed by atoms with van der Waals surface area (Å²) in [6.07, 6.45) is 0.536. The molecular formula is C3H7K2O4P. The van der Waals surface area contributed by atoms with Gasteiger partial charge in [-0.3, -0.25) is 0 Å². The van der Waals surface area contributed by atoms with Gasteiger partial charge < -0.3 is 18.9 Å². The van der Waals surface area contributed by atoms with Gasteiger partial charge in [-0.05, 0) is 6.42 Å². The van der Waals surface area contributed by atoms with Gasteiger partial charge in [0.1, 0.15) is 0 Å². The normalized spacial score (nSPS) is 9.50. The maximum absolute atomic E-state index is 9.64. The van der Waals surface area contributed by atoms with E-state index in [4.69, 9.17) is 0 Å². The van der Waals surface area contributed by atoms with E-state index in [2.05, 4.69) is 4.52 Å². The Morgan fingerprint density at radius 3 is 1.90 bits per heavy atom. The van der Waals surface area contributed by atoms with E-state index in [1.54, 1.807) is 6.92 Å². The summed E-state index contributed by atoms with van der Waals surface area (Å²) in [6.45, 7) is 1.71. The van der Waals surface area contributed by atoms with Crippen LogP contribution in [0.4, 0.5) is 0 Å². The Bertz CT molecular complexity index is 103. The van der Waals surface area contributed by atoms with Crippen LogP contribution >= 0.6 is 7.82 Å². The minimum Gasteiger partial charge on any atom is -0.790 e. The molecule has 10 heavy (non-hydrogen) atoms. The fourth-order valence-electron chi connectivity index (χ4n) is 0.203. The summed E-state index contributed by atoms with van der Waals surface area (Å²) >= 11 is 0. The van der Waals surface area contributed by atoms with Crippen LogP contribution in [0.3, 0.4) is 0 Å². The molecule has 7 heteroatoms. The molecule has 0 aliphatic rings. The van der Waals surface area contributed by atoms with Gasteiger partial charge in [-0.1, -0.05) is 6.92 Å². The molecule has 0 amide bonds. The summed E-state index contributed by atoms with van der Waals surface area (Å²) in [7, 11) is -4.68. The molecule has 0 fully saturated rings. The minimum atomic E-state index is -4.68. The average Bonchev–Trinajstić information content (AvgIpc) is 1.59. The molecule has 0 saturated carbocycles. The fourth-order valence-corrected chi connectivity index (χ4v) is 0.609. The Hall–Kier alpha value is 3.38. The molecule has 0 bridgehead atoms.